The molecule has 0 saturated heterocycles. The molecule has 0 unspecified atom stereocenters. The van der Waals surface area contributed by atoms with Crippen LogP contribution < -0.4 is 0 Å². The molecule has 0 radical (unpaired) electrons. The highest BCUT2D eigenvalue weighted by molar-refractivity contribution is 7.89. The van der Waals surface area contributed by atoms with Crippen LogP contribution in [0.2, 0.25) is 0 Å². The molecule has 2 aromatic rings. The average molecular weight is 266 g/mol. The van der Waals surface area contributed by atoms with Gasteiger partial charge in [-0.3, -0.25) is 0 Å². The molecule has 4 nitrogen and oxygen atoms in total. The first-order chi connectivity index (χ1) is 8.45. The molecular formula is C13H18N2O2S. The Hall–Kier alpha value is -1.33. The van der Waals surface area contributed by atoms with Crippen molar-refractivity contribution in [1.29, 1.82) is 0 Å². The molecule has 5 heteroatoms. The lowest BCUT2D eigenvalue weighted by molar-refractivity contribution is 0.463. The van der Waals surface area contributed by atoms with Gasteiger partial charge in [0.2, 0.25) is 10.0 Å². The minimum Gasteiger partial charge on any atom is -0.357 e. The normalized spacial score (nSPS) is 12.4. The van der Waals surface area contributed by atoms with Gasteiger partial charge in [0.15, 0.2) is 0 Å². The van der Waals surface area contributed by atoms with E-state index in [1.807, 2.05) is 31.2 Å². The monoisotopic (exact) mass is 266 g/mol. The van der Waals surface area contributed by atoms with E-state index in [1.54, 1.807) is 14.0 Å². The van der Waals surface area contributed by atoms with E-state index in [4.69, 9.17) is 0 Å². The van der Waals surface area contributed by atoms with Crippen LogP contribution in [0.15, 0.2) is 24.3 Å². The molecule has 0 atom stereocenters. The molecule has 0 amide bonds. The number of nitrogens with zero attached hydrogens (tertiary/aromatic N) is 1. The van der Waals surface area contributed by atoms with E-state index in [9.17, 15) is 8.42 Å². The van der Waals surface area contributed by atoms with Crippen molar-refractivity contribution < 1.29 is 8.42 Å². The first kappa shape index (κ1) is 13.1. The summed E-state index contributed by atoms with van der Waals surface area (Å²) in [7, 11) is -1.52. The predicted octanol–water partition coefficient (Wildman–Crippen LogP) is 2.26. The summed E-state index contributed by atoms with van der Waals surface area (Å²) in [6.45, 7) is 4.06. The molecule has 0 aliphatic carbocycles. The number of rotatable bonds is 4. The van der Waals surface area contributed by atoms with E-state index >= 15 is 0 Å². The Morgan fingerprint density at radius 1 is 1.28 bits per heavy atom. The van der Waals surface area contributed by atoms with Crippen molar-refractivity contribution in [1.82, 2.24) is 9.29 Å². The van der Waals surface area contributed by atoms with Crippen LogP contribution in [0.3, 0.4) is 0 Å². The van der Waals surface area contributed by atoms with Gasteiger partial charge in [-0.15, -0.1) is 0 Å². The lowest BCUT2D eigenvalue weighted by Gasteiger charge is -2.15. The summed E-state index contributed by atoms with van der Waals surface area (Å²) >= 11 is 0. The minimum atomic E-state index is -3.14. The standard InChI is InChI=1S/C13H18N2O2S/c1-4-18(16,17)15(3)9-13-10(2)11-7-5-6-8-12(11)14-13/h5-8,14H,4,9H2,1-3H3. The lowest BCUT2D eigenvalue weighted by Crippen LogP contribution is -2.28. The zero-order valence-electron chi connectivity index (χ0n) is 10.9. The van der Waals surface area contributed by atoms with Crippen molar-refractivity contribution in [2.75, 3.05) is 12.8 Å². The molecule has 1 aromatic heterocycles. The molecule has 0 saturated carbocycles. The third kappa shape index (κ3) is 2.28. The number of sulfonamides is 1. The van der Waals surface area contributed by atoms with Crippen molar-refractivity contribution in [3.8, 4) is 0 Å². The average Bonchev–Trinajstić information content (AvgIpc) is 2.67. The third-order valence-electron chi connectivity index (χ3n) is 3.29. The summed E-state index contributed by atoms with van der Waals surface area (Å²) in [6.07, 6.45) is 0. The lowest BCUT2D eigenvalue weighted by atomic mass is 10.1. The number of hydrogen-bond donors (Lipinski definition) is 1. The second-order valence-corrected chi connectivity index (χ2v) is 6.80. The highest BCUT2D eigenvalue weighted by Gasteiger charge is 2.17. The van der Waals surface area contributed by atoms with Crippen molar-refractivity contribution in [2.24, 2.45) is 0 Å². The number of H-pyrrole nitrogens is 1. The Morgan fingerprint density at radius 2 is 1.94 bits per heavy atom. The maximum Gasteiger partial charge on any atom is 0.213 e. The van der Waals surface area contributed by atoms with Crippen molar-refractivity contribution >= 4 is 20.9 Å². The van der Waals surface area contributed by atoms with Gasteiger partial charge in [-0.25, -0.2) is 8.42 Å². The van der Waals surface area contributed by atoms with Crippen LogP contribution in [0.1, 0.15) is 18.2 Å². The van der Waals surface area contributed by atoms with Crippen LogP contribution in [0.4, 0.5) is 0 Å². The zero-order chi connectivity index (χ0) is 13.3. The van der Waals surface area contributed by atoms with Crippen molar-refractivity contribution in [2.45, 2.75) is 20.4 Å². The van der Waals surface area contributed by atoms with Gasteiger partial charge in [0.25, 0.3) is 0 Å². The van der Waals surface area contributed by atoms with Crippen LogP contribution in [0, 0.1) is 6.92 Å². The van der Waals surface area contributed by atoms with E-state index in [0.717, 1.165) is 22.2 Å². The van der Waals surface area contributed by atoms with Gasteiger partial charge < -0.3 is 4.98 Å². The Labute approximate surface area is 108 Å². The number of fused-ring (bicyclic) bond motifs is 1. The summed E-state index contributed by atoms with van der Waals surface area (Å²) < 4.78 is 24.9. The maximum absolute atomic E-state index is 11.7. The molecule has 1 N–H and O–H groups in total. The maximum atomic E-state index is 11.7. The third-order valence-corrected chi connectivity index (χ3v) is 5.10. The SMILES string of the molecule is CCS(=O)(=O)N(C)Cc1[nH]c2ccccc2c1C. The Morgan fingerprint density at radius 3 is 2.56 bits per heavy atom. The fourth-order valence-corrected chi connectivity index (χ4v) is 2.80. The van der Waals surface area contributed by atoms with Crippen LogP contribution in [0.5, 0.6) is 0 Å². The fraction of sp³-hybridized carbons (Fsp3) is 0.385. The quantitative estimate of drug-likeness (QED) is 0.923. The smallest absolute Gasteiger partial charge is 0.213 e. The molecule has 0 aliphatic heterocycles. The summed E-state index contributed by atoms with van der Waals surface area (Å²) in [5.74, 6) is 0.128. The first-order valence-electron chi connectivity index (χ1n) is 5.96. The predicted molar refractivity (Wildman–Crippen MR) is 74.0 cm³/mol. The fourth-order valence-electron chi connectivity index (χ4n) is 2.04. The van der Waals surface area contributed by atoms with Crippen LogP contribution >= 0.6 is 0 Å². The van der Waals surface area contributed by atoms with E-state index in [2.05, 4.69) is 4.98 Å². The minimum absolute atomic E-state index is 0.128. The van der Waals surface area contributed by atoms with Crippen LogP contribution in [0.25, 0.3) is 10.9 Å². The van der Waals surface area contributed by atoms with Gasteiger partial charge in [-0.2, -0.15) is 4.31 Å². The number of nitrogens with one attached hydrogen (secondary N) is 1. The Kier molecular flexibility index (Phi) is 3.45. The molecule has 1 heterocycles. The number of hydrogen-bond acceptors (Lipinski definition) is 2. The topological polar surface area (TPSA) is 53.2 Å². The Balaban J connectivity index is 2.36. The van der Waals surface area contributed by atoms with Gasteiger partial charge >= 0.3 is 0 Å². The summed E-state index contributed by atoms with van der Waals surface area (Å²) in [5, 5.41) is 1.15. The highest BCUT2D eigenvalue weighted by Crippen LogP contribution is 2.22. The second kappa shape index (κ2) is 4.74. The van der Waals surface area contributed by atoms with Crippen molar-refractivity contribution in [3.05, 3.63) is 35.5 Å². The first-order valence-corrected chi connectivity index (χ1v) is 7.57. The second-order valence-electron chi connectivity index (χ2n) is 4.43. The number of aryl methyl sites for hydroxylation is 1. The van der Waals surface area contributed by atoms with E-state index in [1.165, 1.54) is 4.31 Å². The molecule has 98 valence electrons. The molecule has 0 spiro atoms. The molecule has 2 rings (SSSR count). The van der Waals surface area contributed by atoms with Gasteiger partial charge in [0.05, 0.1) is 12.3 Å². The summed E-state index contributed by atoms with van der Waals surface area (Å²) in [4.78, 5) is 3.28. The summed E-state index contributed by atoms with van der Waals surface area (Å²) in [5.41, 5.74) is 3.12. The van der Waals surface area contributed by atoms with Gasteiger partial charge in [0, 0.05) is 23.6 Å². The number of aromatic nitrogens is 1. The van der Waals surface area contributed by atoms with E-state index < -0.39 is 10.0 Å². The highest BCUT2D eigenvalue weighted by atomic mass is 32.2. The number of para-hydroxylation sites is 1. The van der Waals surface area contributed by atoms with E-state index in [0.29, 0.717) is 6.54 Å². The largest absolute Gasteiger partial charge is 0.357 e. The van der Waals surface area contributed by atoms with Gasteiger partial charge in [-0.05, 0) is 25.5 Å². The number of benzene rings is 1. The van der Waals surface area contributed by atoms with Crippen LogP contribution in [-0.2, 0) is 16.6 Å². The molecule has 0 bridgehead atoms. The molecule has 0 fully saturated rings. The van der Waals surface area contributed by atoms with Gasteiger partial charge in [-0.1, -0.05) is 18.2 Å². The zero-order valence-corrected chi connectivity index (χ0v) is 11.7. The van der Waals surface area contributed by atoms with Crippen LogP contribution in [-0.4, -0.2) is 30.5 Å². The molecule has 18 heavy (non-hydrogen) atoms. The number of aromatic amines is 1. The Bertz CT molecular complexity index is 659. The molecular weight excluding hydrogens is 248 g/mol. The van der Waals surface area contributed by atoms with Gasteiger partial charge in [0.1, 0.15) is 0 Å². The summed E-state index contributed by atoms with van der Waals surface area (Å²) in [6, 6.07) is 7.99. The van der Waals surface area contributed by atoms with Crippen molar-refractivity contribution in [3.63, 3.8) is 0 Å². The van der Waals surface area contributed by atoms with E-state index in [-0.39, 0.29) is 5.75 Å². The molecule has 0 aliphatic rings. The molecule has 1 aromatic carbocycles.